The van der Waals surface area contributed by atoms with E-state index in [0.29, 0.717) is 0 Å². The molecular weight excluding hydrogens is 378 g/mol. The summed E-state index contributed by atoms with van der Waals surface area (Å²) in [6, 6.07) is -0.891. The molecule has 13 nitrogen and oxygen atoms in total. The van der Waals surface area contributed by atoms with Crippen LogP contribution in [0.3, 0.4) is 0 Å². The van der Waals surface area contributed by atoms with Crippen LogP contribution < -0.4 is 5.73 Å². The first-order valence-corrected chi connectivity index (χ1v) is 10.6. The Morgan fingerprint density at radius 3 is 2.44 bits per heavy atom. The van der Waals surface area contributed by atoms with Gasteiger partial charge in [0.15, 0.2) is 6.04 Å². The van der Waals surface area contributed by atoms with E-state index in [1.165, 1.54) is 16.1 Å². The maximum atomic E-state index is 11.7. The van der Waals surface area contributed by atoms with Crippen LogP contribution in [0.5, 0.6) is 0 Å². The van der Waals surface area contributed by atoms with Crippen molar-refractivity contribution in [2.75, 3.05) is 32.1 Å². The average molecular weight is 396 g/mol. The highest BCUT2D eigenvalue weighted by atomic mass is 31.2. The average Bonchev–Trinajstić information content (AvgIpc) is 2.83. The van der Waals surface area contributed by atoms with E-state index in [-0.39, 0.29) is 31.4 Å². The van der Waals surface area contributed by atoms with Crippen molar-refractivity contribution >= 4 is 39.2 Å². The minimum absolute atomic E-state index is 0.0497. The number of carbonyl (C=O) groups excluding carboxylic acids is 1. The molecule has 0 spiro atoms. The van der Waals surface area contributed by atoms with Gasteiger partial charge in [0.2, 0.25) is 5.96 Å². The molecule has 0 aromatic heterocycles. The Labute approximate surface area is 142 Å². The summed E-state index contributed by atoms with van der Waals surface area (Å²) in [5.74, 6) is -0.515. The number of amides is 1. The lowest BCUT2D eigenvalue weighted by molar-refractivity contribution is -0.117. The molecule has 0 saturated carbocycles. The summed E-state index contributed by atoms with van der Waals surface area (Å²) in [7, 11) is -8.73. The summed E-state index contributed by atoms with van der Waals surface area (Å²) in [4.78, 5) is 61.8. The van der Waals surface area contributed by atoms with Gasteiger partial charge in [0.25, 0.3) is 5.91 Å². The van der Waals surface area contributed by atoms with E-state index in [0.717, 1.165) is 0 Å². The Kier molecular flexibility index (Phi) is 5.89. The molecule has 0 bridgehead atoms. The molecule has 25 heavy (non-hydrogen) atoms. The molecule has 2 rings (SSSR count). The molecule has 2 heterocycles. The molecule has 1 atom stereocenters. The fourth-order valence-electron chi connectivity index (χ4n) is 2.25. The van der Waals surface area contributed by atoms with Gasteiger partial charge >= 0.3 is 15.2 Å². The highest BCUT2D eigenvalue weighted by Crippen LogP contribution is 2.37. The summed E-state index contributed by atoms with van der Waals surface area (Å²) < 4.78 is 22.2. The van der Waals surface area contributed by atoms with Crippen molar-refractivity contribution in [3.05, 3.63) is 0 Å². The largest absolute Gasteiger partial charge is 0.368 e. The van der Waals surface area contributed by atoms with Crippen molar-refractivity contribution in [3.63, 3.8) is 0 Å². The van der Waals surface area contributed by atoms with Gasteiger partial charge in [-0.15, -0.1) is 0 Å². The molecule has 0 aromatic carbocycles. The van der Waals surface area contributed by atoms with Crippen molar-refractivity contribution < 1.29 is 33.5 Å². The van der Waals surface area contributed by atoms with Crippen LogP contribution in [0.2, 0.25) is 0 Å². The maximum absolute atomic E-state index is 11.7. The van der Waals surface area contributed by atoms with Gasteiger partial charge in [-0.1, -0.05) is 0 Å². The van der Waals surface area contributed by atoms with Crippen molar-refractivity contribution in [2.24, 2.45) is 20.7 Å². The van der Waals surface area contributed by atoms with E-state index >= 15 is 0 Å². The number of nitrogens with two attached hydrogens (primary N) is 1. The number of carbonyl (C=O) groups is 1. The Hall–Kier alpha value is -1.46. The minimum atomic E-state index is -4.42. The summed E-state index contributed by atoms with van der Waals surface area (Å²) >= 11 is 0. The number of hydrogen-bond acceptors (Lipinski definition) is 8. The highest BCUT2D eigenvalue weighted by Gasteiger charge is 2.35. The molecular formula is C10H18N6O7P2. The number of hydrogen-bond donors (Lipinski definition) is 5. The van der Waals surface area contributed by atoms with Crippen molar-refractivity contribution in [2.45, 2.75) is 6.04 Å². The smallest absolute Gasteiger partial charge is 0.339 e. The Morgan fingerprint density at radius 1 is 1.16 bits per heavy atom. The van der Waals surface area contributed by atoms with Gasteiger partial charge < -0.3 is 30.2 Å². The topological polar surface area (TPSA) is 202 Å². The zero-order valence-corrected chi connectivity index (χ0v) is 14.7. The lowest BCUT2D eigenvalue weighted by Gasteiger charge is -2.26. The molecule has 140 valence electrons. The molecule has 0 fully saturated rings. The molecule has 0 saturated heterocycles. The van der Waals surface area contributed by atoms with Crippen LogP contribution in [0.4, 0.5) is 0 Å². The van der Waals surface area contributed by atoms with Crippen LogP contribution in [-0.4, -0.2) is 91.5 Å². The second-order valence-electron chi connectivity index (χ2n) is 5.45. The van der Waals surface area contributed by atoms with Crippen LogP contribution in [0, 0.1) is 0 Å². The summed E-state index contributed by atoms with van der Waals surface area (Å²) in [6.07, 6.45) is 0.146. The van der Waals surface area contributed by atoms with E-state index < -0.39 is 39.6 Å². The number of fused-ring (bicyclic) bond motifs is 1. The number of nitrogens with zero attached hydrogens (tertiary/aromatic N) is 5. The SMILES string of the molecule is NC1=NC(=O)C2N=CN(CCN(CCP(=O)(O)O)CP(=O)(O)O)C2=N1. The van der Waals surface area contributed by atoms with E-state index in [9.17, 15) is 13.9 Å². The van der Waals surface area contributed by atoms with Gasteiger partial charge in [0.05, 0.1) is 12.5 Å². The number of rotatable bonds is 8. The Bertz CT molecular complexity index is 725. The number of guanidine groups is 1. The van der Waals surface area contributed by atoms with Gasteiger partial charge in [-0.3, -0.25) is 23.8 Å². The second kappa shape index (κ2) is 7.42. The van der Waals surface area contributed by atoms with Crippen molar-refractivity contribution in [3.8, 4) is 0 Å². The van der Waals surface area contributed by atoms with Crippen LogP contribution >= 0.6 is 15.2 Å². The summed E-state index contributed by atoms with van der Waals surface area (Å²) in [5, 5.41) is 0. The summed E-state index contributed by atoms with van der Waals surface area (Å²) in [6.45, 7) is -0.0204. The second-order valence-corrected chi connectivity index (χ2v) is 8.84. The van der Waals surface area contributed by atoms with Crippen molar-refractivity contribution in [1.82, 2.24) is 9.80 Å². The van der Waals surface area contributed by atoms with Crippen LogP contribution in [-0.2, 0) is 13.9 Å². The third-order valence-electron chi connectivity index (χ3n) is 3.33. The predicted octanol–water partition coefficient (Wildman–Crippen LogP) is -2.43. The number of aliphatic imine (C=N–C) groups is 3. The van der Waals surface area contributed by atoms with Gasteiger partial charge in [-0.25, -0.2) is 0 Å². The monoisotopic (exact) mass is 396 g/mol. The predicted molar refractivity (Wildman–Crippen MR) is 88.4 cm³/mol. The molecule has 0 aromatic rings. The third-order valence-corrected chi connectivity index (χ3v) is 4.88. The first kappa shape index (κ1) is 19.9. The van der Waals surface area contributed by atoms with E-state index in [2.05, 4.69) is 15.0 Å². The first-order chi connectivity index (χ1) is 11.4. The third kappa shape index (κ3) is 6.08. The minimum Gasteiger partial charge on any atom is -0.368 e. The van der Waals surface area contributed by atoms with E-state index in [4.69, 9.17) is 25.3 Å². The lowest BCUT2D eigenvalue weighted by atomic mass is 10.2. The zero-order valence-electron chi connectivity index (χ0n) is 12.9. The molecule has 0 radical (unpaired) electrons. The fourth-order valence-corrected chi connectivity index (χ4v) is 3.60. The van der Waals surface area contributed by atoms with Gasteiger partial charge in [-0.2, -0.15) is 9.98 Å². The van der Waals surface area contributed by atoms with Crippen LogP contribution in [0.25, 0.3) is 0 Å². The molecule has 6 N–H and O–H groups in total. The molecule has 2 aliphatic rings. The fraction of sp³-hybridized carbons (Fsp3) is 0.600. The molecule has 0 aliphatic carbocycles. The normalized spacial score (nSPS) is 20.8. The standard InChI is InChI=1S/C10H18N6O7P2/c11-10-13-8-7(9(17)14-10)12-5-16(8)2-1-15(6-25(21,22)23)3-4-24(18,19)20/h5,7H,1-4,6H2,(H2,11,14,17)(H2,18,19,20)(H2,21,22,23). The number of amidine groups is 1. The van der Waals surface area contributed by atoms with E-state index in [1.807, 2.05) is 0 Å². The van der Waals surface area contributed by atoms with Crippen LogP contribution in [0.1, 0.15) is 0 Å². The molecule has 2 aliphatic heterocycles. The first-order valence-electron chi connectivity index (χ1n) is 7.03. The Morgan fingerprint density at radius 2 is 1.84 bits per heavy atom. The molecule has 1 amide bonds. The molecule has 15 heteroatoms. The maximum Gasteiger partial charge on any atom is 0.339 e. The highest BCUT2D eigenvalue weighted by molar-refractivity contribution is 7.52. The van der Waals surface area contributed by atoms with Gasteiger partial charge in [0, 0.05) is 19.6 Å². The van der Waals surface area contributed by atoms with Crippen molar-refractivity contribution in [1.29, 1.82) is 0 Å². The van der Waals surface area contributed by atoms with Crippen LogP contribution in [0.15, 0.2) is 15.0 Å². The zero-order chi connectivity index (χ0) is 18.8. The van der Waals surface area contributed by atoms with Gasteiger partial charge in [0.1, 0.15) is 12.1 Å². The quantitative estimate of drug-likeness (QED) is 0.274. The molecule has 1 unspecified atom stereocenters. The van der Waals surface area contributed by atoms with Gasteiger partial charge in [-0.05, 0) is 0 Å². The lowest BCUT2D eigenvalue weighted by Crippen LogP contribution is -2.43. The summed E-state index contributed by atoms with van der Waals surface area (Å²) in [5.41, 5.74) is 5.44. The van der Waals surface area contributed by atoms with E-state index in [1.54, 1.807) is 0 Å². The Balaban J connectivity index is 2.01.